The maximum Gasteiger partial charge on any atom is 0.319 e. The lowest BCUT2D eigenvalue weighted by atomic mass is 9.85. The minimum Gasteiger partial charge on any atom is -0.496 e. The van der Waals surface area contributed by atoms with Gasteiger partial charge in [-0.1, -0.05) is 69.5 Å². The number of anilines is 1. The van der Waals surface area contributed by atoms with Crippen LogP contribution in [0.2, 0.25) is 5.02 Å². The third-order valence-electron chi connectivity index (χ3n) is 11.9. The van der Waals surface area contributed by atoms with Crippen LogP contribution in [0.3, 0.4) is 0 Å². The summed E-state index contributed by atoms with van der Waals surface area (Å²) in [5.41, 5.74) is 5.34. The second kappa shape index (κ2) is 22.2. The number of β-amino-alcohol motifs (C(OH)–C–C–N with tert-alkyl or cyclic N) is 1. The molecule has 1 aliphatic carbocycles. The van der Waals surface area contributed by atoms with Crippen LogP contribution in [0.1, 0.15) is 93.8 Å². The van der Waals surface area contributed by atoms with Crippen LogP contribution < -0.4 is 36.1 Å². The van der Waals surface area contributed by atoms with Gasteiger partial charge in [0.05, 0.1) is 51.1 Å². The Bertz CT molecular complexity index is 2630. The number of fused-ring (bicyclic) bond motifs is 1. The van der Waals surface area contributed by atoms with Gasteiger partial charge in [0.2, 0.25) is 17.7 Å². The van der Waals surface area contributed by atoms with Crippen molar-refractivity contribution in [2.75, 3.05) is 25.5 Å². The second-order valence-electron chi connectivity index (χ2n) is 18.4. The van der Waals surface area contributed by atoms with Gasteiger partial charge in [0, 0.05) is 62.2 Å². The van der Waals surface area contributed by atoms with E-state index in [1.807, 2.05) is 57.5 Å². The van der Waals surface area contributed by atoms with E-state index >= 15 is 0 Å². The number of halogens is 1. The lowest BCUT2D eigenvalue weighted by Gasteiger charge is -2.35. The molecule has 0 radical (unpaired) electrons. The van der Waals surface area contributed by atoms with Crippen molar-refractivity contribution in [3.8, 4) is 27.7 Å². The topological polar surface area (TPSA) is 213 Å². The van der Waals surface area contributed by atoms with Gasteiger partial charge in [0.15, 0.2) is 0 Å². The minimum atomic E-state index is -0.918. The lowest BCUT2D eigenvalue weighted by Crippen LogP contribution is -2.57. The molecule has 18 heteroatoms. The van der Waals surface area contributed by atoms with E-state index in [1.165, 1.54) is 12.0 Å². The molecule has 3 heterocycles. The highest BCUT2D eigenvalue weighted by atomic mass is 35.5. The molecule has 6 N–H and O–H groups in total. The molecule has 3 atom stereocenters. The number of aliphatic hydroxyl groups is 1. The Morgan fingerprint density at radius 3 is 2.40 bits per heavy atom. The first-order valence-corrected chi connectivity index (χ1v) is 24.2. The van der Waals surface area contributed by atoms with E-state index < -0.39 is 29.5 Å². The lowest BCUT2D eigenvalue weighted by molar-refractivity contribution is -0.144. The fraction of sp³-hybridized carbons (Fsp3) is 0.420. The third kappa shape index (κ3) is 12.8. The molecule has 5 aromatic rings. The Hall–Kier alpha value is -6.30. The molecular formula is C50H59ClN8O8S. The van der Waals surface area contributed by atoms with Gasteiger partial charge in [0.25, 0.3) is 5.91 Å². The normalized spacial score (nSPS) is 16.2. The van der Waals surface area contributed by atoms with Gasteiger partial charge >= 0.3 is 6.03 Å². The van der Waals surface area contributed by atoms with E-state index in [9.17, 15) is 29.1 Å². The predicted octanol–water partition coefficient (Wildman–Crippen LogP) is 7.89. The molecule has 6 amide bonds. The van der Waals surface area contributed by atoms with Crippen molar-refractivity contribution >= 4 is 69.2 Å². The average molecular weight is 968 g/mol. The molecule has 68 heavy (non-hydrogen) atoms. The summed E-state index contributed by atoms with van der Waals surface area (Å²) < 4.78 is 11.8. The number of hydrogen-bond acceptors (Lipinski definition) is 11. The smallest absolute Gasteiger partial charge is 0.319 e. The van der Waals surface area contributed by atoms with Crippen LogP contribution >= 0.6 is 22.9 Å². The molecule has 1 saturated heterocycles. The van der Waals surface area contributed by atoms with Gasteiger partial charge < -0.3 is 46.1 Å². The summed E-state index contributed by atoms with van der Waals surface area (Å²) in [5, 5.41) is 25.9. The summed E-state index contributed by atoms with van der Waals surface area (Å²) in [6.07, 6.45) is 5.63. The number of benzene rings is 3. The van der Waals surface area contributed by atoms with Gasteiger partial charge in [0.1, 0.15) is 29.3 Å². The molecule has 360 valence electrons. The zero-order valence-corrected chi connectivity index (χ0v) is 40.5. The molecule has 1 saturated carbocycles. The number of methoxy groups -OCH3 is 1. The van der Waals surface area contributed by atoms with Crippen molar-refractivity contribution in [1.82, 2.24) is 36.1 Å². The van der Waals surface area contributed by atoms with Crippen molar-refractivity contribution in [2.45, 2.75) is 110 Å². The summed E-state index contributed by atoms with van der Waals surface area (Å²) in [6.45, 7) is 8.17. The predicted molar refractivity (Wildman–Crippen MR) is 262 cm³/mol. The number of aliphatic hydroxyl groups excluding tert-OH is 1. The van der Waals surface area contributed by atoms with E-state index in [2.05, 4.69) is 36.6 Å². The number of thiazole rings is 1. The number of carbonyl (C=O) groups excluding carboxylic acids is 5. The summed E-state index contributed by atoms with van der Waals surface area (Å²) in [5.74, 6) is -0.183. The van der Waals surface area contributed by atoms with Gasteiger partial charge in [-0.3, -0.25) is 24.2 Å². The quantitative estimate of drug-likeness (QED) is 0.0441. The number of unbranched alkanes of at least 4 members (excludes halogenated alkanes) is 3. The maximum absolute atomic E-state index is 14.1. The number of likely N-dealkylation sites (tertiary alicyclic amines) is 1. The molecule has 0 unspecified atom stereocenters. The molecule has 16 nitrogen and oxygen atoms in total. The van der Waals surface area contributed by atoms with Crippen molar-refractivity contribution in [3.05, 3.63) is 94.2 Å². The Kier molecular flexibility index (Phi) is 16.2. The van der Waals surface area contributed by atoms with Crippen molar-refractivity contribution in [2.24, 2.45) is 5.41 Å². The van der Waals surface area contributed by atoms with Crippen molar-refractivity contribution in [1.29, 1.82) is 0 Å². The Morgan fingerprint density at radius 2 is 1.71 bits per heavy atom. The highest BCUT2D eigenvalue weighted by Gasteiger charge is 2.44. The van der Waals surface area contributed by atoms with Crippen LogP contribution in [0, 0.1) is 12.3 Å². The number of ether oxygens (including phenoxy) is 2. The molecule has 1 aliphatic heterocycles. The molecule has 0 bridgehead atoms. The van der Waals surface area contributed by atoms with E-state index in [-0.39, 0.29) is 55.7 Å². The highest BCUT2D eigenvalue weighted by Crippen LogP contribution is 2.36. The number of rotatable bonds is 19. The number of nitrogens with one attached hydrogen (secondary N) is 5. The maximum atomic E-state index is 14.1. The average Bonchev–Trinajstić information content (AvgIpc) is 3.87. The number of urea groups is 1. The van der Waals surface area contributed by atoms with Crippen LogP contribution in [0.25, 0.3) is 21.3 Å². The van der Waals surface area contributed by atoms with E-state index in [0.717, 1.165) is 41.0 Å². The van der Waals surface area contributed by atoms with Crippen LogP contribution in [-0.4, -0.2) is 94.1 Å². The third-order valence-corrected chi connectivity index (χ3v) is 13.2. The van der Waals surface area contributed by atoms with Crippen LogP contribution in [0.5, 0.6) is 17.2 Å². The monoisotopic (exact) mass is 966 g/mol. The molecule has 2 aromatic heterocycles. The highest BCUT2D eigenvalue weighted by molar-refractivity contribution is 7.13. The second-order valence-corrected chi connectivity index (χ2v) is 19.6. The first-order valence-electron chi connectivity index (χ1n) is 22.9. The largest absolute Gasteiger partial charge is 0.496 e. The molecule has 3 aromatic carbocycles. The molecule has 0 spiro atoms. The van der Waals surface area contributed by atoms with Gasteiger partial charge in [-0.05, 0) is 73.4 Å². The molecule has 2 aliphatic rings. The van der Waals surface area contributed by atoms with Crippen LogP contribution in [0.15, 0.2) is 72.4 Å². The molecule has 2 fully saturated rings. The number of amides is 6. The first-order chi connectivity index (χ1) is 32.6. The number of hydrogen-bond donors (Lipinski definition) is 6. The van der Waals surface area contributed by atoms with E-state index in [0.29, 0.717) is 70.2 Å². The number of aryl methyl sites for hydroxylation is 1. The van der Waals surface area contributed by atoms with Gasteiger partial charge in [-0.25, -0.2) is 9.78 Å². The molecule has 7 rings (SSSR count). The zero-order valence-electron chi connectivity index (χ0n) is 38.9. The minimum absolute atomic E-state index is 0.00769. The summed E-state index contributed by atoms with van der Waals surface area (Å²) in [4.78, 5) is 77.8. The Morgan fingerprint density at radius 1 is 0.941 bits per heavy atom. The van der Waals surface area contributed by atoms with E-state index in [4.69, 9.17) is 21.1 Å². The van der Waals surface area contributed by atoms with Gasteiger partial charge in [-0.15, -0.1) is 11.3 Å². The zero-order chi connectivity index (χ0) is 48.5. The number of nitrogens with zero attached hydrogens (tertiary/aromatic N) is 3. The van der Waals surface area contributed by atoms with Gasteiger partial charge in [-0.2, -0.15) is 0 Å². The standard InChI is InChI=1S/C50H59ClN8O8S/c1-29-44(68-28-55-29)31-13-11-30(12-14-31)26-54-47(63)40-22-33(60)27-59(40)48(64)45(50(2,3)4)58-43(61)10-8-6-7-9-20-53-46(62)36-24-35-39(25-42(36)66-5)52-21-19-41(35)67-34-17-18-38(37(51)23-34)57-49(65)56-32-15-16-32/h11-14,17-19,21,23-25,28,32-33,40,45,60H,6-10,15-16,20,22,26-27H2,1-5H3,(H,53,62)(H,54,63)(H,58,61)(H2,56,57,65)/t33-,40+,45-/m1/s1. The fourth-order valence-corrected chi connectivity index (χ4v) is 9.05. The Labute approximate surface area is 404 Å². The first kappa shape index (κ1) is 49.6. The van der Waals surface area contributed by atoms with Crippen molar-refractivity contribution in [3.63, 3.8) is 0 Å². The summed E-state index contributed by atoms with van der Waals surface area (Å²) in [6, 6.07) is 15.9. The van der Waals surface area contributed by atoms with Crippen molar-refractivity contribution < 1.29 is 38.6 Å². The van der Waals surface area contributed by atoms with Crippen LogP contribution in [0.4, 0.5) is 10.5 Å². The molecular weight excluding hydrogens is 908 g/mol. The summed E-state index contributed by atoms with van der Waals surface area (Å²) >= 11 is 8.05. The van der Waals surface area contributed by atoms with E-state index in [1.54, 1.807) is 53.9 Å². The number of aromatic nitrogens is 2. The number of pyridine rings is 1. The summed E-state index contributed by atoms with van der Waals surface area (Å²) in [7, 11) is 1.48. The SMILES string of the molecule is COc1cc2nccc(Oc3ccc(NC(=O)NC4CC4)c(Cl)c3)c2cc1C(=O)NCCCCCCC(=O)N[C@H](C(=O)N1C[C@H](O)C[C@H]1C(=O)NCc1ccc(-c2scnc2C)cc1)C(C)(C)C. The number of carbonyl (C=O) groups is 5. The fourth-order valence-electron chi connectivity index (χ4n) is 8.02. The Balaban J connectivity index is 0.860. The van der Waals surface area contributed by atoms with Crippen LogP contribution in [-0.2, 0) is 20.9 Å².